The molecule has 0 saturated carbocycles. The van der Waals surface area contributed by atoms with Crippen molar-refractivity contribution in [2.24, 2.45) is 0 Å². The van der Waals surface area contributed by atoms with Gasteiger partial charge in [0.2, 0.25) is 0 Å². The van der Waals surface area contributed by atoms with E-state index in [1.807, 2.05) is 13.1 Å². The summed E-state index contributed by atoms with van der Waals surface area (Å²) in [4.78, 5) is 0. The molecule has 0 saturated heterocycles. The number of rotatable bonds is 3. The maximum absolute atomic E-state index is 5.16. The molecule has 0 fully saturated rings. The normalized spacial score (nSPS) is 9.92. The molecule has 0 atom stereocenters. The molecule has 1 aromatic carbocycles. The lowest BCUT2D eigenvalue weighted by Gasteiger charge is -2.06. The fraction of sp³-hybridized carbons (Fsp3) is 0.400. The molecule has 12 heavy (non-hydrogen) atoms. The van der Waals surface area contributed by atoms with Gasteiger partial charge >= 0.3 is 0 Å². The van der Waals surface area contributed by atoms with Crippen LogP contribution >= 0.6 is 0 Å². The van der Waals surface area contributed by atoms with Crippen molar-refractivity contribution in [2.45, 2.75) is 13.5 Å². The smallest absolute Gasteiger partial charge is 0.121 e. The van der Waals surface area contributed by atoms with Crippen LogP contribution in [0.3, 0.4) is 0 Å². The van der Waals surface area contributed by atoms with Crippen molar-refractivity contribution in [3.05, 3.63) is 29.3 Å². The molecule has 2 heteroatoms. The van der Waals surface area contributed by atoms with Crippen molar-refractivity contribution < 1.29 is 4.74 Å². The lowest BCUT2D eigenvalue weighted by molar-refractivity contribution is 0.411. The van der Waals surface area contributed by atoms with E-state index < -0.39 is 0 Å². The molecule has 0 heterocycles. The molecular weight excluding hydrogens is 150 g/mol. The second kappa shape index (κ2) is 4.12. The summed E-state index contributed by atoms with van der Waals surface area (Å²) in [5, 5.41) is 3.11. The Morgan fingerprint density at radius 2 is 2.17 bits per heavy atom. The summed E-state index contributed by atoms with van der Waals surface area (Å²) in [5.74, 6) is 0.954. The third-order valence-electron chi connectivity index (χ3n) is 1.84. The van der Waals surface area contributed by atoms with E-state index in [1.165, 1.54) is 11.1 Å². The molecule has 0 radical (unpaired) electrons. The standard InChI is InChI=1S/C10H15NO/c1-8-6-9(7-11-2)4-5-10(8)12-3/h4-6,11H,7H2,1-3H3. The summed E-state index contributed by atoms with van der Waals surface area (Å²) >= 11 is 0. The van der Waals surface area contributed by atoms with Crippen LogP contribution in [0.4, 0.5) is 0 Å². The Morgan fingerprint density at radius 1 is 1.42 bits per heavy atom. The van der Waals surface area contributed by atoms with E-state index in [0.29, 0.717) is 0 Å². The molecule has 0 aliphatic rings. The molecule has 2 nitrogen and oxygen atoms in total. The Balaban J connectivity index is 2.86. The van der Waals surface area contributed by atoms with Gasteiger partial charge in [0, 0.05) is 6.54 Å². The number of hydrogen-bond acceptors (Lipinski definition) is 2. The minimum Gasteiger partial charge on any atom is -0.496 e. The van der Waals surface area contributed by atoms with Gasteiger partial charge in [-0.15, -0.1) is 0 Å². The first-order chi connectivity index (χ1) is 5.77. The summed E-state index contributed by atoms with van der Waals surface area (Å²) in [6, 6.07) is 6.21. The maximum atomic E-state index is 5.16. The zero-order chi connectivity index (χ0) is 8.97. The van der Waals surface area contributed by atoms with Crippen LogP contribution < -0.4 is 10.1 Å². The Hall–Kier alpha value is -1.02. The molecular formula is C10H15NO. The van der Waals surface area contributed by atoms with Crippen molar-refractivity contribution in [3.8, 4) is 5.75 Å². The summed E-state index contributed by atoms with van der Waals surface area (Å²) in [5.41, 5.74) is 2.47. The summed E-state index contributed by atoms with van der Waals surface area (Å²) in [7, 11) is 3.64. The second-order valence-corrected chi connectivity index (χ2v) is 2.83. The molecule has 1 aromatic rings. The molecule has 0 unspecified atom stereocenters. The van der Waals surface area contributed by atoms with Gasteiger partial charge in [0.25, 0.3) is 0 Å². The molecule has 1 N–H and O–H groups in total. The molecule has 0 aliphatic carbocycles. The number of nitrogens with one attached hydrogen (secondary N) is 1. The van der Waals surface area contributed by atoms with Crippen LogP contribution in [-0.4, -0.2) is 14.2 Å². The van der Waals surface area contributed by atoms with E-state index in [2.05, 4.69) is 24.4 Å². The predicted molar refractivity (Wildman–Crippen MR) is 50.5 cm³/mol. The van der Waals surface area contributed by atoms with Crippen molar-refractivity contribution in [3.63, 3.8) is 0 Å². The van der Waals surface area contributed by atoms with Gasteiger partial charge in [0.1, 0.15) is 5.75 Å². The predicted octanol–water partition coefficient (Wildman–Crippen LogP) is 1.72. The number of hydrogen-bond donors (Lipinski definition) is 1. The first kappa shape index (κ1) is 9.07. The van der Waals surface area contributed by atoms with Crippen molar-refractivity contribution >= 4 is 0 Å². The molecule has 0 bridgehead atoms. The van der Waals surface area contributed by atoms with Crippen LogP contribution in [0.2, 0.25) is 0 Å². The SMILES string of the molecule is CNCc1ccc(OC)c(C)c1. The summed E-state index contributed by atoms with van der Waals surface area (Å²) < 4.78 is 5.16. The number of aryl methyl sites for hydroxylation is 1. The van der Waals surface area contributed by atoms with Gasteiger partial charge in [0.15, 0.2) is 0 Å². The van der Waals surface area contributed by atoms with Gasteiger partial charge in [-0.05, 0) is 31.2 Å². The Labute approximate surface area is 73.6 Å². The van der Waals surface area contributed by atoms with Crippen molar-refractivity contribution in [1.29, 1.82) is 0 Å². The zero-order valence-corrected chi connectivity index (χ0v) is 7.85. The van der Waals surface area contributed by atoms with Crippen LogP contribution in [0.15, 0.2) is 18.2 Å². The highest BCUT2D eigenvalue weighted by molar-refractivity contribution is 5.35. The maximum Gasteiger partial charge on any atom is 0.121 e. The minimum absolute atomic E-state index is 0.908. The lowest BCUT2D eigenvalue weighted by Crippen LogP contribution is -2.05. The second-order valence-electron chi connectivity index (χ2n) is 2.83. The molecule has 0 aromatic heterocycles. The van der Waals surface area contributed by atoms with Gasteiger partial charge in [-0.3, -0.25) is 0 Å². The van der Waals surface area contributed by atoms with E-state index >= 15 is 0 Å². The van der Waals surface area contributed by atoms with Crippen LogP contribution in [0.25, 0.3) is 0 Å². The Bertz CT molecular complexity index is 258. The number of ether oxygens (including phenoxy) is 1. The number of methoxy groups -OCH3 is 1. The zero-order valence-electron chi connectivity index (χ0n) is 7.85. The fourth-order valence-electron chi connectivity index (χ4n) is 1.25. The monoisotopic (exact) mass is 165 g/mol. The van der Waals surface area contributed by atoms with E-state index in [4.69, 9.17) is 4.74 Å². The fourth-order valence-corrected chi connectivity index (χ4v) is 1.25. The van der Waals surface area contributed by atoms with Crippen molar-refractivity contribution in [1.82, 2.24) is 5.32 Å². The van der Waals surface area contributed by atoms with Crippen LogP contribution in [0.5, 0.6) is 5.75 Å². The first-order valence-electron chi connectivity index (χ1n) is 4.06. The summed E-state index contributed by atoms with van der Waals surface area (Å²) in [6.45, 7) is 2.96. The lowest BCUT2D eigenvalue weighted by atomic mass is 10.1. The van der Waals surface area contributed by atoms with Gasteiger partial charge in [0.05, 0.1) is 7.11 Å². The van der Waals surface area contributed by atoms with E-state index in [1.54, 1.807) is 7.11 Å². The van der Waals surface area contributed by atoms with Gasteiger partial charge in [-0.25, -0.2) is 0 Å². The summed E-state index contributed by atoms with van der Waals surface area (Å²) in [6.07, 6.45) is 0. The third kappa shape index (κ3) is 1.98. The first-order valence-corrected chi connectivity index (χ1v) is 4.06. The molecule has 0 amide bonds. The molecule has 66 valence electrons. The Morgan fingerprint density at radius 3 is 2.67 bits per heavy atom. The van der Waals surface area contributed by atoms with Crippen LogP contribution in [-0.2, 0) is 6.54 Å². The minimum atomic E-state index is 0.908. The van der Waals surface area contributed by atoms with Crippen LogP contribution in [0, 0.1) is 6.92 Å². The average Bonchev–Trinajstić information content (AvgIpc) is 2.05. The van der Waals surface area contributed by atoms with E-state index in [0.717, 1.165) is 12.3 Å². The number of benzene rings is 1. The molecule has 0 spiro atoms. The molecule has 1 rings (SSSR count). The van der Waals surface area contributed by atoms with Gasteiger partial charge < -0.3 is 10.1 Å². The quantitative estimate of drug-likeness (QED) is 0.736. The highest BCUT2D eigenvalue weighted by atomic mass is 16.5. The van der Waals surface area contributed by atoms with Crippen molar-refractivity contribution in [2.75, 3.05) is 14.2 Å². The third-order valence-corrected chi connectivity index (χ3v) is 1.84. The average molecular weight is 165 g/mol. The van der Waals surface area contributed by atoms with E-state index in [-0.39, 0.29) is 0 Å². The van der Waals surface area contributed by atoms with E-state index in [9.17, 15) is 0 Å². The van der Waals surface area contributed by atoms with Gasteiger partial charge in [-0.1, -0.05) is 12.1 Å². The molecule has 0 aliphatic heterocycles. The Kier molecular flexibility index (Phi) is 3.11. The van der Waals surface area contributed by atoms with Gasteiger partial charge in [-0.2, -0.15) is 0 Å². The highest BCUT2D eigenvalue weighted by Gasteiger charge is 1.97. The highest BCUT2D eigenvalue weighted by Crippen LogP contribution is 2.17. The largest absolute Gasteiger partial charge is 0.496 e. The van der Waals surface area contributed by atoms with Crippen LogP contribution in [0.1, 0.15) is 11.1 Å². The topological polar surface area (TPSA) is 21.3 Å².